The zero-order valence-corrected chi connectivity index (χ0v) is 21.2. The summed E-state index contributed by atoms with van der Waals surface area (Å²) in [5, 5.41) is 3.88. The van der Waals surface area contributed by atoms with Gasteiger partial charge in [0.05, 0.1) is 31.3 Å². The largest absolute Gasteiger partial charge is 0.484 e. The zero-order valence-electron chi connectivity index (χ0n) is 17.3. The lowest BCUT2D eigenvalue weighted by atomic mass is 10.2. The second-order valence-electron chi connectivity index (χ2n) is 7.00. The van der Waals surface area contributed by atoms with Gasteiger partial charge in [0.2, 0.25) is 0 Å². The Kier molecular flexibility index (Phi) is 7.80. The highest BCUT2D eigenvalue weighted by Crippen LogP contribution is 2.38. The molecule has 172 valence electrons. The Labute approximate surface area is 220 Å². The molecule has 5 nitrogen and oxygen atoms in total. The minimum atomic E-state index is -0.330. The smallest absolute Gasteiger partial charge is 0.270 e. The van der Waals surface area contributed by atoms with Crippen molar-refractivity contribution in [2.24, 2.45) is 0 Å². The van der Waals surface area contributed by atoms with Gasteiger partial charge in [0, 0.05) is 0 Å². The van der Waals surface area contributed by atoms with E-state index < -0.39 is 0 Å². The Balaban J connectivity index is 1.39. The molecule has 1 aliphatic rings. The molecule has 0 radical (unpaired) electrons. The standard InChI is InChI=1S/C24H15Cl3N2O3S2/c25-17-10-7-15(12-19(17)27)29-23(31)21(34-24(29)33)11-14-5-8-16(9-6-14)32-13-22(30)28-20-4-2-1-3-18(20)26/h1-12H,13H2,(H,28,30)/b21-11-. The number of nitrogens with one attached hydrogen (secondary N) is 1. The van der Waals surface area contributed by atoms with Crippen molar-refractivity contribution in [3.05, 3.63) is 92.3 Å². The molecule has 0 atom stereocenters. The summed E-state index contributed by atoms with van der Waals surface area (Å²) in [6.07, 6.45) is 1.74. The highest BCUT2D eigenvalue weighted by Gasteiger charge is 2.33. The van der Waals surface area contributed by atoms with Crippen LogP contribution in [0, 0.1) is 0 Å². The van der Waals surface area contributed by atoms with Crippen molar-refractivity contribution < 1.29 is 14.3 Å². The Morgan fingerprint density at radius 3 is 2.44 bits per heavy atom. The Hall–Kier alpha value is -2.55. The summed E-state index contributed by atoms with van der Waals surface area (Å²) < 4.78 is 5.94. The number of rotatable bonds is 6. The number of carbonyl (C=O) groups excluding carboxylic acids is 2. The lowest BCUT2D eigenvalue weighted by Crippen LogP contribution is -2.27. The Morgan fingerprint density at radius 1 is 1.00 bits per heavy atom. The van der Waals surface area contributed by atoms with E-state index in [0.29, 0.717) is 41.4 Å². The highest BCUT2D eigenvalue weighted by molar-refractivity contribution is 8.27. The molecule has 1 N–H and O–H groups in total. The van der Waals surface area contributed by atoms with Gasteiger partial charge < -0.3 is 10.1 Å². The monoisotopic (exact) mass is 548 g/mol. The molecule has 1 heterocycles. The third-order valence-electron chi connectivity index (χ3n) is 4.65. The Morgan fingerprint density at radius 2 is 1.74 bits per heavy atom. The third-order valence-corrected chi connectivity index (χ3v) is 7.02. The molecule has 4 rings (SSSR count). The fourth-order valence-corrected chi connectivity index (χ4v) is 4.80. The molecular formula is C24H15Cl3N2O3S2. The van der Waals surface area contributed by atoms with Crippen LogP contribution in [-0.4, -0.2) is 22.7 Å². The summed E-state index contributed by atoms with van der Waals surface area (Å²) in [6, 6.07) is 18.9. The van der Waals surface area contributed by atoms with Gasteiger partial charge in [0.1, 0.15) is 5.75 Å². The normalized spacial score (nSPS) is 14.6. The van der Waals surface area contributed by atoms with Crippen LogP contribution in [0.4, 0.5) is 11.4 Å². The number of thioether (sulfide) groups is 1. The molecule has 0 saturated carbocycles. The van der Waals surface area contributed by atoms with Crippen molar-refractivity contribution in [3.8, 4) is 5.75 Å². The first-order valence-electron chi connectivity index (χ1n) is 9.82. The van der Waals surface area contributed by atoms with Crippen LogP contribution >= 0.6 is 58.8 Å². The molecule has 0 unspecified atom stereocenters. The van der Waals surface area contributed by atoms with E-state index in [9.17, 15) is 9.59 Å². The molecule has 0 bridgehead atoms. The van der Waals surface area contributed by atoms with Gasteiger partial charge in [-0.1, -0.05) is 83.0 Å². The van der Waals surface area contributed by atoms with Crippen LogP contribution in [-0.2, 0) is 9.59 Å². The number of benzene rings is 3. The quantitative estimate of drug-likeness (QED) is 0.263. The van der Waals surface area contributed by atoms with Gasteiger partial charge >= 0.3 is 0 Å². The van der Waals surface area contributed by atoms with Gasteiger partial charge in [0.15, 0.2) is 10.9 Å². The maximum absolute atomic E-state index is 12.9. The third kappa shape index (κ3) is 5.74. The predicted molar refractivity (Wildman–Crippen MR) is 144 cm³/mol. The Bertz CT molecular complexity index is 1310. The summed E-state index contributed by atoms with van der Waals surface area (Å²) in [5.41, 5.74) is 1.85. The maximum Gasteiger partial charge on any atom is 0.270 e. The highest BCUT2D eigenvalue weighted by atomic mass is 35.5. The van der Waals surface area contributed by atoms with Crippen LogP contribution < -0.4 is 15.0 Å². The van der Waals surface area contributed by atoms with Gasteiger partial charge in [0.25, 0.3) is 11.8 Å². The average molecular weight is 550 g/mol. The number of ether oxygens (including phenoxy) is 1. The van der Waals surface area contributed by atoms with Crippen molar-refractivity contribution in [2.45, 2.75) is 0 Å². The van der Waals surface area contributed by atoms with E-state index in [2.05, 4.69) is 5.32 Å². The van der Waals surface area contributed by atoms with Crippen molar-refractivity contribution in [1.82, 2.24) is 0 Å². The lowest BCUT2D eigenvalue weighted by molar-refractivity contribution is -0.118. The lowest BCUT2D eigenvalue weighted by Gasteiger charge is -2.15. The maximum atomic E-state index is 12.9. The second-order valence-corrected chi connectivity index (χ2v) is 9.90. The van der Waals surface area contributed by atoms with E-state index in [0.717, 1.165) is 5.56 Å². The van der Waals surface area contributed by atoms with Gasteiger partial charge in [-0.15, -0.1) is 0 Å². The molecule has 1 aliphatic heterocycles. The molecule has 0 aliphatic carbocycles. The van der Waals surface area contributed by atoms with Crippen LogP contribution in [0.3, 0.4) is 0 Å². The summed E-state index contributed by atoms with van der Waals surface area (Å²) in [6.45, 7) is -0.174. The molecule has 0 aromatic heterocycles. The minimum Gasteiger partial charge on any atom is -0.484 e. The van der Waals surface area contributed by atoms with Gasteiger partial charge in [-0.2, -0.15) is 0 Å². The number of para-hydroxylation sites is 1. The van der Waals surface area contributed by atoms with Crippen LogP contribution in [0.25, 0.3) is 6.08 Å². The van der Waals surface area contributed by atoms with E-state index in [1.54, 1.807) is 72.8 Å². The summed E-state index contributed by atoms with van der Waals surface area (Å²) in [7, 11) is 0. The van der Waals surface area contributed by atoms with E-state index >= 15 is 0 Å². The van der Waals surface area contributed by atoms with Crippen molar-refractivity contribution in [3.63, 3.8) is 0 Å². The van der Waals surface area contributed by atoms with E-state index in [4.69, 9.17) is 51.8 Å². The molecule has 3 aromatic rings. The summed E-state index contributed by atoms with van der Waals surface area (Å²) >= 11 is 24.7. The van der Waals surface area contributed by atoms with Crippen LogP contribution in [0.2, 0.25) is 15.1 Å². The van der Waals surface area contributed by atoms with Crippen LogP contribution in [0.1, 0.15) is 5.56 Å². The van der Waals surface area contributed by atoms with E-state index in [-0.39, 0.29) is 18.4 Å². The number of thiocarbonyl (C=S) groups is 1. The average Bonchev–Trinajstić information content (AvgIpc) is 3.09. The van der Waals surface area contributed by atoms with Crippen molar-refractivity contribution in [1.29, 1.82) is 0 Å². The molecular weight excluding hydrogens is 535 g/mol. The van der Waals surface area contributed by atoms with Crippen LogP contribution in [0.5, 0.6) is 5.75 Å². The molecule has 0 spiro atoms. The number of nitrogens with zero attached hydrogens (tertiary/aromatic N) is 1. The first-order chi connectivity index (χ1) is 16.3. The van der Waals surface area contributed by atoms with Gasteiger partial charge in [-0.25, -0.2) is 0 Å². The number of carbonyl (C=O) groups is 2. The summed E-state index contributed by atoms with van der Waals surface area (Å²) in [4.78, 5) is 26.9. The van der Waals surface area contributed by atoms with Crippen LogP contribution in [0.15, 0.2) is 71.6 Å². The molecule has 1 saturated heterocycles. The molecule has 1 fully saturated rings. The first kappa shape index (κ1) is 24.6. The van der Waals surface area contributed by atoms with Gasteiger partial charge in [-0.3, -0.25) is 14.5 Å². The fraction of sp³-hybridized carbons (Fsp3) is 0.0417. The predicted octanol–water partition coefficient (Wildman–Crippen LogP) is 7.07. The van der Waals surface area contributed by atoms with Crippen molar-refractivity contribution in [2.75, 3.05) is 16.8 Å². The number of halogens is 3. The number of amides is 2. The number of anilines is 2. The van der Waals surface area contributed by atoms with Gasteiger partial charge in [-0.05, 0) is 54.1 Å². The summed E-state index contributed by atoms with van der Waals surface area (Å²) in [5.74, 6) is -0.0667. The molecule has 3 aromatic carbocycles. The van der Waals surface area contributed by atoms with E-state index in [1.807, 2.05) is 0 Å². The number of hydrogen-bond acceptors (Lipinski definition) is 5. The SMILES string of the molecule is O=C(COc1ccc(/C=C2\SC(=S)N(c3ccc(Cl)c(Cl)c3)C2=O)cc1)Nc1ccccc1Cl. The number of hydrogen-bond donors (Lipinski definition) is 1. The minimum absolute atomic E-state index is 0.174. The molecule has 34 heavy (non-hydrogen) atoms. The topological polar surface area (TPSA) is 58.6 Å². The fourth-order valence-electron chi connectivity index (χ4n) is 3.02. The van der Waals surface area contributed by atoms with E-state index in [1.165, 1.54) is 16.7 Å². The van der Waals surface area contributed by atoms with Crippen molar-refractivity contribution >= 4 is 92.4 Å². The zero-order chi connectivity index (χ0) is 24.2. The second kappa shape index (κ2) is 10.8. The molecule has 2 amide bonds. The molecule has 10 heteroatoms. The first-order valence-corrected chi connectivity index (χ1v) is 12.2.